The van der Waals surface area contributed by atoms with Crippen molar-refractivity contribution in [3.05, 3.63) is 95.5 Å². The Bertz CT molecular complexity index is 1150. The smallest absolute Gasteiger partial charge is 0.256 e. The van der Waals surface area contributed by atoms with Crippen LogP contribution in [0.25, 0.3) is 16.9 Å². The summed E-state index contributed by atoms with van der Waals surface area (Å²) in [5.74, 6) is 1.06. The quantitative estimate of drug-likeness (QED) is 0.428. The van der Waals surface area contributed by atoms with Gasteiger partial charge in [0.1, 0.15) is 11.6 Å². The zero-order valence-corrected chi connectivity index (χ0v) is 17.1. The number of ether oxygens (including phenoxy) is 1. The molecule has 0 aliphatic heterocycles. The Morgan fingerprint density at radius 1 is 1.00 bits per heavy atom. The maximum atomic E-state index is 12.9. The molecule has 0 saturated heterocycles. The Balaban J connectivity index is 1.68. The molecule has 1 amide bonds. The van der Waals surface area contributed by atoms with Crippen molar-refractivity contribution < 1.29 is 9.53 Å². The first-order valence-corrected chi connectivity index (χ1v) is 9.97. The van der Waals surface area contributed by atoms with Gasteiger partial charge < -0.3 is 10.1 Å². The largest absolute Gasteiger partial charge is 0.494 e. The summed E-state index contributed by atoms with van der Waals surface area (Å²) in [4.78, 5) is 12.9. The van der Waals surface area contributed by atoms with Gasteiger partial charge in [-0.25, -0.2) is 4.68 Å². The van der Waals surface area contributed by atoms with Crippen LogP contribution in [0.4, 0.5) is 5.82 Å². The minimum atomic E-state index is -0.229. The standard InChI is InChI=1S/C24H20ClN3O2/c1-2-30-21-13-11-17(12-14-21)24(29)26-23-16-22(18-7-6-8-19(25)15-18)27-28(23)20-9-4-3-5-10-20/h3-16H,2H2,1H3,(H,26,29). The summed E-state index contributed by atoms with van der Waals surface area (Å²) in [6.45, 7) is 2.50. The lowest BCUT2D eigenvalue weighted by atomic mass is 10.1. The van der Waals surface area contributed by atoms with E-state index in [1.165, 1.54) is 0 Å². The monoisotopic (exact) mass is 417 g/mol. The minimum Gasteiger partial charge on any atom is -0.494 e. The lowest BCUT2D eigenvalue weighted by Crippen LogP contribution is -2.15. The van der Waals surface area contributed by atoms with Gasteiger partial charge in [0.05, 0.1) is 18.0 Å². The molecule has 3 aromatic carbocycles. The lowest BCUT2D eigenvalue weighted by Gasteiger charge is -2.09. The molecule has 0 saturated carbocycles. The van der Waals surface area contributed by atoms with Crippen LogP contribution in [-0.2, 0) is 0 Å². The van der Waals surface area contributed by atoms with Crippen molar-refractivity contribution in [1.82, 2.24) is 9.78 Å². The van der Waals surface area contributed by atoms with Crippen LogP contribution >= 0.6 is 11.6 Å². The number of rotatable bonds is 6. The van der Waals surface area contributed by atoms with Crippen LogP contribution in [-0.4, -0.2) is 22.3 Å². The molecular formula is C24H20ClN3O2. The van der Waals surface area contributed by atoms with Crippen LogP contribution in [0.5, 0.6) is 5.75 Å². The van der Waals surface area contributed by atoms with Crippen molar-refractivity contribution in [1.29, 1.82) is 0 Å². The van der Waals surface area contributed by atoms with E-state index in [1.807, 2.05) is 67.6 Å². The summed E-state index contributed by atoms with van der Waals surface area (Å²) < 4.78 is 7.15. The van der Waals surface area contributed by atoms with Crippen molar-refractivity contribution in [3.63, 3.8) is 0 Å². The van der Waals surface area contributed by atoms with E-state index in [0.717, 1.165) is 17.0 Å². The van der Waals surface area contributed by atoms with Crippen LogP contribution in [0.15, 0.2) is 84.9 Å². The fourth-order valence-electron chi connectivity index (χ4n) is 3.08. The maximum Gasteiger partial charge on any atom is 0.256 e. The molecule has 5 nitrogen and oxygen atoms in total. The molecule has 1 N–H and O–H groups in total. The normalized spacial score (nSPS) is 10.6. The highest BCUT2D eigenvalue weighted by Crippen LogP contribution is 2.27. The van der Waals surface area contributed by atoms with Crippen molar-refractivity contribution in [2.45, 2.75) is 6.92 Å². The predicted octanol–water partition coefficient (Wildman–Crippen LogP) is 5.84. The third-order valence-corrected chi connectivity index (χ3v) is 4.73. The number of benzene rings is 3. The van der Waals surface area contributed by atoms with Gasteiger partial charge in [0, 0.05) is 22.2 Å². The number of carbonyl (C=O) groups excluding carboxylic acids is 1. The third kappa shape index (κ3) is 4.36. The Hall–Kier alpha value is -3.57. The molecule has 4 aromatic rings. The molecule has 6 heteroatoms. The number of nitrogens with zero attached hydrogens (tertiary/aromatic N) is 2. The highest BCUT2D eigenvalue weighted by molar-refractivity contribution is 6.30. The fourth-order valence-corrected chi connectivity index (χ4v) is 3.27. The van der Waals surface area contributed by atoms with E-state index in [0.29, 0.717) is 28.7 Å². The Labute approximate surface area is 179 Å². The fraction of sp³-hybridized carbons (Fsp3) is 0.0833. The molecular weight excluding hydrogens is 398 g/mol. The SMILES string of the molecule is CCOc1ccc(C(=O)Nc2cc(-c3cccc(Cl)c3)nn2-c2ccccc2)cc1. The van der Waals surface area contributed by atoms with Gasteiger partial charge in [-0.3, -0.25) is 4.79 Å². The van der Waals surface area contributed by atoms with E-state index in [2.05, 4.69) is 5.32 Å². The zero-order valence-electron chi connectivity index (χ0n) is 16.4. The number of carbonyl (C=O) groups is 1. The van der Waals surface area contributed by atoms with E-state index in [1.54, 1.807) is 28.9 Å². The number of anilines is 1. The maximum absolute atomic E-state index is 12.9. The summed E-state index contributed by atoms with van der Waals surface area (Å²) in [6.07, 6.45) is 0. The van der Waals surface area contributed by atoms with Crippen molar-refractivity contribution >= 4 is 23.3 Å². The molecule has 1 heterocycles. The van der Waals surface area contributed by atoms with Gasteiger partial charge in [-0.1, -0.05) is 41.9 Å². The summed E-state index contributed by atoms with van der Waals surface area (Å²) >= 11 is 6.14. The van der Waals surface area contributed by atoms with Crippen LogP contribution in [0.1, 0.15) is 17.3 Å². The second kappa shape index (κ2) is 8.84. The number of halogens is 1. The molecule has 0 radical (unpaired) electrons. The summed E-state index contributed by atoms with van der Waals surface area (Å²) in [5.41, 5.74) is 2.95. The van der Waals surface area contributed by atoms with Crippen molar-refractivity contribution in [2.75, 3.05) is 11.9 Å². The second-order valence-corrected chi connectivity index (χ2v) is 7.02. The molecule has 0 bridgehead atoms. The molecule has 0 fully saturated rings. The van der Waals surface area contributed by atoms with Gasteiger partial charge >= 0.3 is 0 Å². The molecule has 4 rings (SSSR count). The molecule has 1 aromatic heterocycles. The van der Waals surface area contributed by atoms with Crippen LogP contribution < -0.4 is 10.1 Å². The lowest BCUT2D eigenvalue weighted by molar-refractivity contribution is 0.102. The van der Waals surface area contributed by atoms with Gasteiger partial charge in [-0.15, -0.1) is 0 Å². The van der Waals surface area contributed by atoms with E-state index < -0.39 is 0 Å². The van der Waals surface area contributed by atoms with Gasteiger partial charge in [0.25, 0.3) is 5.91 Å². The third-order valence-electron chi connectivity index (χ3n) is 4.50. The van der Waals surface area contributed by atoms with E-state index >= 15 is 0 Å². The van der Waals surface area contributed by atoms with Gasteiger partial charge in [-0.2, -0.15) is 5.10 Å². The van der Waals surface area contributed by atoms with E-state index in [4.69, 9.17) is 21.4 Å². The Morgan fingerprint density at radius 2 is 1.77 bits per heavy atom. The van der Waals surface area contributed by atoms with E-state index in [-0.39, 0.29) is 5.91 Å². The van der Waals surface area contributed by atoms with Crippen LogP contribution in [0, 0.1) is 0 Å². The minimum absolute atomic E-state index is 0.229. The first-order chi connectivity index (χ1) is 14.6. The van der Waals surface area contributed by atoms with Crippen molar-refractivity contribution in [2.24, 2.45) is 0 Å². The summed E-state index contributed by atoms with van der Waals surface area (Å²) in [7, 11) is 0. The van der Waals surface area contributed by atoms with Crippen LogP contribution in [0.3, 0.4) is 0 Å². The number of hydrogen-bond donors (Lipinski definition) is 1. The average Bonchev–Trinajstić information content (AvgIpc) is 3.19. The van der Waals surface area contributed by atoms with Gasteiger partial charge in [0.15, 0.2) is 0 Å². The predicted molar refractivity (Wildman–Crippen MR) is 120 cm³/mol. The number of aromatic nitrogens is 2. The summed E-state index contributed by atoms with van der Waals surface area (Å²) in [6, 6.07) is 26.0. The average molecular weight is 418 g/mol. The highest BCUT2D eigenvalue weighted by Gasteiger charge is 2.15. The number of amides is 1. The Morgan fingerprint density at radius 3 is 2.47 bits per heavy atom. The number of hydrogen-bond acceptors (Lipinski definition) is 3. The van der Waals surface area contributed by atoms with Gasteiger partial charge in [0.2, 0.25) is 0 Å². The zero-order chi connectivity index (χ0) is 20.9. The first kappa shape index (κ1) is 19.7. The molecule has 0 aliphatic carbocycles. The Kier molecular flexibility index (Phi) is 5.82. The van der Waals surface area contributed by atoms with Crippen LogP contribution in [0.2, 0.25) is 5.02 Å². The second-order valence-electron chi connectivity index (χ2n) is 6.58. The molecule has 0 aliphatic rings. The van der Waals surface area contributed by atoms with Crippen molar-refractivity contribution in [3.8, 4) is 22.7 Å². The molecule has 30 heavy (non-hydrogen) atoms. The molecule has 0 atom stereocenters. The molecule has 0 unspecified atom stereocenters. The molecule has 150 valence electrons. The first-order valence-electron chi connectivity index (χ1n) is 9.59. The van der Waals surface area contributed by atoms with E-state index in [9.17, 15) is 4.79 Å². The number of nitrogens with one attached hydrogen (secondary N) is 1. The number of para-hydroxylation sites is 1. The topological polar surface area (TPSA) is 56.1 Å². The molecule has 0 spiro atoms. The van der Waals surface area contributed by atoms with Gasteiger partial charge in [-0.05, 0) is 55.5 Å². The summed E-state index contributed by atoms with van der Waals surface area (Å²) in [5, 5.41) is 8.30. The highest BCUT2D eigenvalue weighted by atomic mass is 35.5.